The number of nitrogens with one attached hydrogen (secondary N) is 2. The molecule has 1 aliphatic rings. The molecule has 2 aromatic rings. The summed E-state index contributed by atoms with van der Waals surface area (Å²) < 4.78 is 26.4. The van der Waals surface area contributed by atoms with Crippen LogP contribution in [0.2, 0.25) is 0 Å². The molecule has 2 amide bonds. The van der Waals surface area contributed by atoms with Crippen LogP contribution in [0.15, 0.2) is 53.7 Å². The van der Waals surface area contributed by atoms with E-state index >= 15 is 0 Å². The fourth-order valence-corrected chi connectivity index (χ4v) is 6.83. The number of anilines is 1. The van der Waals surface area contributed by atoms with E-state index in [9.17, 15) is 13.2 Å². The minimum atomic E-state index is -3.41. The van der Waals surface area contributed by atoms with E-state index in [0.717, 1.165) is 18.4 Å². The van der Waals surface area contributed by atoms with Crippen LogP contribution in [0, 0.1) is 17.8 Å². The zero-order valence-electron chi connectivity index (χ0n) is 17.1. The SMILES string of the molecule is CC1CC(C)C(S(=O)(=O)c2ccc(NC(=O)NCc3cccnc3)cc2)C(C)C1. The molecule has 1 aromatic carbocycles. The first-order valence-corrected chi connectivity index (χ1v) is 11.6. The molecule has 0 spiro atoms. The fourth-order valence-electron chi connectivity index (χ4n) is 4.55. The zero-order valence-corrected chi connectivity index (χ0v) is 17.9. The first-order chi connectivity index (χ1) is 13.8. The van der Waals surface area contributed by atoms with Crippen LogP contribution >= 0.6 is 0 Å². The number of hydrogen-bond acceptors (Lipinski definition) is 4. The van der Waals surface area contributed by atoms with Crippen molar-refractivity contribution in [2.75, 3.05) is 5.32 Å². The van der Waals surface area contributed by atoms with Gasteiger partial charge in [-0.25, -0.2) is 13.2 Å². The molecule has 0 saturated heterocycles. The molecule has 156 valence electrons. The van der Waals surface area contributed by atoms with E-state index in [1.807, 2.05) is 26.0 Å². The van der Waals surface area contributed by atoms with E-state index in [1.165, 1.54) is 0 Å². The summed E-state index contributed by atoms with van der Waals surface area (Å²) in [5.74, 6) is 0.827. The van der Waals surface area contributed by atoms with Gasteiger partial charge in [-0.05, 0) is 66.5 Å². The second kappa shape index (κ2) is 8.95. The van der Waals surface area contributed by atoms with Crippen LogP contribution in [0.4, 0.5) is 10.5 Å². The molecule has 0 radical (unpaired) electrons. The van der Waals surface area contributed by atoms with Crippen molar-refractivity contribution in [1.82, 2.24) is 10.3 Å². The zero-order chi connectivity index (χ0) is 21.0. The highest BCUT2D eigenvalue weighted by atomic mass is 32.2. The minimum absolute atomic E-state index is 0.134. The molecular weight excluding hydrogens is 386 g/mol. The van der Waals surface area contributed by atoms with Gasteiger partial charge in [-0.2, -0.15) is 0 Å². The van der Waals surface area contributed by atoms with Crippen LogP contribution in [0.5, 0.6) is 0 Å². The van der Waals surface area contributed by atoms with E-state index in [-0.39, 0.29) is 23.1 Å². The van der Waals surface area contributed by atoms with Gasteiger partial charge >= 0.3 is 6.03 Å². The molecule has 0 bridgehead atoms. The van der Waals surface area contributed by atoms with Crippen molar-refractivity contribution in [3.05, 3.63) is 54.4 Å². The highest BCUT2D eigenvalue weighted by Crippen LogP contribution is 2.39. The molecule has 29 heavy (non-hydrogen) atoms. The predicted molar refractivity (Wildman–Crippen MR) is 114 cm³/mol. The van der Waals surface area contributed by atoms with E-state index in [4.69, 9.17) is 0 Å². The quantitative estimate of drug-likeness (QED) is 0.764. The van der Waals surface area contributed by atoms with E-state index in [0.29, 0.717) is 23.0 Å². The molecule has 1 fully saturated rings. The van der Waals surface area contributed by atoms with Gasteiger partial charge in [0, 0.05) is 24.6 Å². The Morgan fingerprint density at radius 1 is 1.07 bits per heavy atom. The van der Waals surface area contributed by atoms with Gasteiger partial charge in [0.1, 0.15) is 0 Å². The van der Waals surface area contributed by atoms with Crippen LogP contribution in [-0.2, 0) is 16.4 Å². The smallest absolute Gasteiger partial charge is 0.319 e. The van der Waals surface area contributed by atoms with Gasteiger partial charge in [-0.3, -0.25) is 4.98 Å². The summed E-state index contributed by atoms with van der Waals surface area (Å²) in [6, 6.07) is 9.78. The molecule has 1 heterocycles. The third kappa shape index (κ3) is 5.15. The largest absolute Gasteiger partial charge is 0.334 e. The number of pyridine rings is 1. The van der Waals surface area contributed by atoms with Crippen molar-refractivity contribution >= 4 is 21.6 Å². The number of carbonyl (C=O) groups is 1. The molecule has 1 aliphatic carbocycles. The van der Waals surface area contributed by atoms with Crippen LogP contribution in [-0.4, -0.2) is 24.7 Å². The lowest BCUT2D eigenvalue weighted by molar-refractivity contribution is 0.236. The lowest BCUT2D eigenvalue weighted by Crippen LogP contribution is -2.39. The average Bonchev–Trinajstić information content (AvgIpc) is 2.66. The molecule has 2 unspecified atom stereocenters. The van der Waals surface area contributed by atoms with Crippen molar-refractivity contribution in [3.8, 4) is 0 Å². The number of benzene rings is 1. The first kappa shape index (κ1) is 21.3. The molecule has 3 rings (SSSR count). The molecule has 2 N–H and O–H groups in total. The van der Waals surface area contributed by atoms with E-state index in [2.05, 4.69) is 22.5 Å². The standard InChI is InChI=1S/C22H29N3O3S/c1-15-11-16(2)21(17(3)12-15)29(27,28)20-8-6-19(7-9-20)25-22(26)24-14-18-5-4-10-23-13-18/h4-10,13,15-17,21H,11-12,14H2,1-3H3,(H2,24,25,26). The predicted octanol–water partition coefficient (Wildman–Crippen LogP) is 4.25. The fraction of sp³-hybridized carbons (Fsp3) is 0.455. The molecular formula is C22H29N3O3S. The number of hydrogen-bond donors (Lipinski definition) is 2. The van der Waals surface area contributed by atoms with Crippen molar-refractivity contribution < 1.29 is 13.2 Å². The summed E-state index contributed by atoms with van der Waals surface area (Å²) in [5.41, 5.74) is 1.44. The summed E-state index contributed by atoms with van der Waals surface area (Å²) in [6.45, 7) is 6.63. The maximum Gasteiger partial charge on any atom is 0.319 e. The van der Waals surface area contributed by atoms with Gasteiger partial charge in [-0.15, -0.1) is 0 Å². The Morgan fingerprint density at radius 3 is 2.31 bits per heavy atom. The van der Waals surface area contributed by atoms with Gasteiger partial charge in [0.25, 0.3) is 0 Å². The van der Waals surface area contributed by atoms with Crippen LogP contribution in [0.25, 0.3) is 0 Å². The molecule has 0 aliphatic heterocycles. The molecule has 2 atom stereocenters. The molecule has 1 aromatic heterocycles. The normalized spacial score (nSPS) is 24.7. The summed E-state index contributed by atoms with van der Waals surface area (Å²) in [4.78, 5) is 16.4. The average molecular weight is 416 g/mol. The Balaban J connectivity index is 1.64. The number of urea groups is 1. The van der Waals surface area contributed by atoms with Crippen molar-refractivity contribution in [2.45, 2.75) is 50.3 Å². The Hall–Kier alpha value is -2.41. The topological polar surface area (TPSA) is 88.2 Å². The van der Waals surface area contributed by atoms with Gasteiger partial charge in [0.15, 0.2) is 9.84 Å². The van der Waals surface area contributed by atoms with Crippen LogP contribution in [0.1, 0.15) is 39.2 Å². The van der Waals surface area contributed by atoms with Gasteiger partial charge in [-0.1, -0.05) is 26.8 Å². The number of aromatic nitrogens is 1. The lowest BCUT2D eigenvalue weighted by atomic mass is 9.77. The van der Waals surface area contributed by atoms with E-state index in [1.54, 1.807) is 36.7 Å². The summed E-state index contributed by atoms with van der Waals surface area (Å²) >= 11 is 0. The van der Waals surface area contributed by atoms with Crippen LogP contribution < -0.4 is 10.6 Å². The van der Waals surface area contributed by atoms with Crippen molar-refractivity contribution in [1.29, 1.82) is 0 Å². The molecule has 7 heteroatoms. The van der Waals surface area contributed by atoms with Crippen LogP contribution in [0.3, 0.4) is 0 Å². The minimum Gasteiger partial charge on any atom is -0.334 e. The molecule has 1 saturated carbocycles. The summed E-state index contributed by atoms with van der Waals surface area (Å²) in [7, 11) is -3.41. The first-order valence-electron chi connectivity index (χ1n) is 10.0. The summed E-state index contributed by atoms with van der Waals surface area (Å²) in [5, 5.41) is 5.12. The third-order valence-corrected chi connectivity index (χ3v) is 8.22. The highest BCUT2D eigenvalue weighted by Gasteiger charge is 2.40. The Labute approximate surface area is 173 Å². The van der Waals surface area contributed by atoms with Crippen molar-refractivity contribution in [3.63, 3.8) is 0 Å². The Bertz CT molecular complexity index is 918. The maximum atomic E-state index is 13.2. The Kier molecular flexibility index (Phi) is 6.57. The van der Waals surface area contributed by atoms with Crippen molar-refractivity contribution in [2.24, 2.45) is 17.8 Å². The van der Waals surface area contributed by atoms with E-state index < -0.39 is 9.84 Å². The number of carbonyl (C=O) groups excluding carboxylic acids is 1. The second-order valence-electron chi connectivity index (χ2n) is 8.23. The number of sulfone groups is 1. The second-order valence-corrected chi connectivity index (χ2v) is 10.3. The number of amides is 2. The number of nitrogens with zero attached hydrogens (tertiary/aromatic N) is 1. The third-order valence-electron chi connectivity index (χ3n) is 5.64. The maximum absolute atomic E-state index is 13.2. The molecule has 6 nitrogen and oxygen atoms in total. The van der Waals surface area contributed by atoms with Gasteiger partial charge in [0.05, 0.1) is 10.1 Å². The van der Waals surface area contributed by atoms with Gasteiger partial charge < -0.3 is 10.6 Å². The highest BCUT2D eigenvalue weighted by molar-refractivity contribution is 7.92. The van der Waals surface area contributed by atoms with Gasteiger partial charge in [0.2, 0.25) is 0 Å². The monoisotopic (exact) mass is 415 g/mol. The summed E-state index contributed by atoms with van der Waals surface area (Å²) in [6.07, 6.45) is 5.23. The lowest BCUT2D eigenvalue weighted by Gasteiger charge is -2.37. The number of rotatable bonds is 5. The Morgan fingerprint density at radius 2 is 1.72 bits per heavy atom.